The van der Waals surface area contributed by atoms with Gasteiger partial charge in [0.15, 0.2) is 0 Å². The summed E-state index contributed by atoms with van der Waals surface area (Å²) in [6.07, 6.45) is 2.55. The van der Waals surface area contributed by atoms with Crippen molar-refractivity contribution in [2.45, 2.75) is 33.1 Å². The fourth-order valence-electron chi connectivity index (χ4n) is 4.02. The summed E-state index contributed by atoms with van der Waals surface area (Å²) in [4.78, 5) is 26.5. The minimum atomic E-state index is 0.0733. The number of thiophene rings is 1. The predicted octanol–water partition coefficient (Wildman–Crippen LogP) is 4.43. The number of anilines is 1. The van der Waals surface area contributed by atoms with E-state index in [1.165, 1.54) is 10.4 Å². The number of fused-ring (bicyclic) bond motifs is 1. The number of ether oxygens (including phenoxy) is 1. The van der Waals surface area contributed by atoms with Crippen LogP contribution in [0.3, 0.4) is 0 Å². The zero-order chi connectivity index (χ0) is 21.6. The van der Waals surface area contributed by atoms with Gasteiger partial charge in [0.1, 0.15) is 16.5 Å². The Morgan fingerprint density at radius 2 is 2.00 bits per heavy atom. The monoisotopic (exact) mass is 438 g/mol. The van der Waals surface area contributed by atoms with Crippen LogP contribution in [0.15, 0.2) is 36.4 Å². The molecule has 1 amide bonds. The second-order valence-corrected chi connectivity index (χ2v) is 8.92. The van der Waals surface area contributed by atoms with E-state index in [1.54, 1.807) is 11.3 Å². The van der Waals surface area contributed by atoms with Crippen LogP contribution in [0.4, 0.5) is 5.82 Å². The Morgan fingerprint density at radius 1 is 1.23 bits per heavy atom. The molecule has 2 aromatic heterocycles. The molecule has 0 atom stereocenters. The topological polar surface area (TPSA) is 67.3 Å². The highest BCUT2D eigenvalue weighted by molar-refractivity contribution is 7.21. The van der Waals surface area contributed by atoms with E-state index >= 15 is 0 Å². The number of nitrogens with zero attached hydrogens (tertiary/aromatic N) is 3. The van der Waals surface area contributed by atoms with Gasteiger partial charge in [0.25, 0.3) is 0 Å². The van der Waals surface area contributed by atoms with Crippen LogP contribution in [-0.4, -0.2) is 48.7 Å². The van der Waals surface area contributed by atoms with Crippen molar-refractivity contribution < 1.29 is 9.53 Å². The third-order valence-electron chi connectivity index (χ3n) is 5.68. The number of hydrogen-bond acceptors (Lipinski definition) is 6. The quantitative estimate of drug-likeness (QED) is 0.527. The molecule has 4 rings (SSSR count). The first-order chi connectivity index (χ1) is 15.2. The summed E-state index contributed by atoms with van der Waals surface area (Å²) in [5.41, 5.74) is 1.20. The molecule has 0 bridgehead atoms. The van der Waals surface area contributed by atoms with Crippen LogP contribution in [0.5, 0.6) is 0 Å². The van der Waals surface area contributed by atoms with Gasteiger partial charge in [-0.2, -0.15) is 0 Å². The van der Waals surface area contributed by atoms with E-state index in [9.17, 15) is 4.79 Å². The third-order valence-corrected chi connectivity index (χ3v) is 6.75. The van der Waals surface area contributed by atoms with E-state index in [-0.39, 0.29) is 11.8 Å². The fraction of sp³-hybridized carbons (Fsp3) is 0.458. The second-order valence-electron chi connectivity index (χ2n) is 7.89. The van der Waals surface area contributed by atoms with Gasteiger partial charge in [-0.25, -0.2) is 9.97 Å². The number of aromatic nitrogens is 2. The van der Waals surface area contributed by atoms with E-state index in [0.29, 0.717) is 13.2 Å². The Kier molecular flexibility index (Phi) is 7.14. The largest absolute Gasteiger partial charge is 0.382 e. The average molecular weight is 439 g/mol. The summed E-state index contributed by atoms with van der Waals surface area (Å²) in [6.45, 7) is 7.70. The molecule has 1 aliphatic heterocycles. The Morgan fingerprint density at radius 3 is 2.74 bits per heavy atom. The molecule has 0 aliphatic carbocycles. The number of rotatable bonds is 8. The molecular formula is C24H30N4O2S. The van der Waals surface area contributed by atoms with Crippen LogP contribution in [0.1, 0.15) is 32.0 Å². The van der Waals surface area contributed by atoms with Crippen molar-refractivity contribution >= 4 is 33.3 Å². The summed E-state index contributed by atoms with van der Waals surface area (Å²) < 4.78 is 5.33. The van der Waals surface area contributed by atoms with Gasteiger partial charge in [-0.3, -0.25) is 4.79 Å². The molecule has 1 aliphatic rings. The highest BCUT2D eigenvalue weighted by atomic mass is 32.1. The van der Waals surface area contributed by atoms with Crippen molar-refractivity contribution in [3.8, 4) is 10.4 Å². The number of hydrogen-bond donors (Lipinski definition) is 1. The molecule has 31 heavy (non-hydrogen) atoms. The lowest BCUT2D eigenvalue weighted by Gasteiger charge is -2.32. The average Bonchev–Trinajstić information content (AvgIpc) is 3.23. The number of amides is 1. The van der Waals surface area contributed by atoms with Crippen LogP contribution < -0.4 is 10.2 Å². The molecule has 7 heteroatoms. The normalized spacial score (nSPS) is 14.8. The van der Waals surface area contributed by atoms with E-state index < -0.39 is 0 Å². The molecule has 1 saturated heterocycles. The smallest absolute Gasteiger partial charge is 0.223 e. The lowest BCUT2D eigenvalue weighted by molar-refractivity contribution is -0.125. The summed E-state index contributed by atoms with van der Waals surface area (Å²) in [6, 6.07) is 12.6. The summed E-state index contributed by atoms with van der Waals surface area (Å²) >= 11 is 1.71. The third kappa shape index (κ3) is 5.22. The molecule has 0 unspecified atom stereocenters. The van der Waals surface area contributed by atoms with E-state index in [4.69, 9.17) is 9.72 Å². The van der Waals surface area contributed by atoms with E-state index in [1.807, 2.05) is 19.9 Å². The highest BCUT2D eigenvalue weighted by Crippen LogP contribution is 2.37. The molecule has 0 saturated carbocycles. The molecule has 164 valence electrons. The van der Waals surface area contributed by atoms with Gasteiger partial charge in [0.2, 0.25) is 5.91 Å². The number of aryl methyl sites for hydroxylation is 1. The Balaban J connectivity index is 1.43. The Bertz CT molecular complexity index is 1010. The minimum absolute atomic E-state index is 0.0733. The molecule has 0 radical (unpaired) electrons. The van der Waals surface area contributed by atoms with Gasteiger partial charge >= 0.3 is 0 Å². The molecule has 3 heterocycles. The predicted molar refractivity (Wildman–Crippen MR) is 127 cm³/mol. The molecule has 1 aromatic carbocycles. The summed E-state index contributed by atoms with van der Waals surface area (Å²) in [5, 5.41) is 4.17. The maximum atomic E-state index is 12.5. The minimum Gasteiger partial charge on any atom is -0.382 e. The fourth-order valence-corrected chi connectivity index (χ4v) is 5.10. The molecular weight excluding hydrogens is 408 g/mol. The molecule has 6 nitrogen and oxygen atoms in total. The number of piperidine rings is 1. The van der Waals surface area contributed by atoms with Crippen molar-refractivity contribution in [2.24, 2.45) is 5.92 Å². The standard InChI is InChI=1S/C24H30N4O2S/c1-3-30-15-7-12-25-23(29)19-10-13-28(14-11-19)22-20-16-21(18-8-5-4-6-9-18)31-24(20)27-17(2)26-22/h4-6,8-9,16,19H,3,7,10-15H2,1-2H3,(H,25,29). The lowest BCUT2D eigenvalue weighted by atomic mass is 9.95. The van der Waals surface area contributed by atoms with Gasteiger partial charge in [-0.15, -0.1) is 11.3 Å². The van der Waals surface area contributed by atoms with Gasteiger partial charge in [0, 0.05) is 43.6 Å². The van der Waals surface area contributed by atoms with Gasteiger partial charge in [-0.1, -0.05) is 30.3 Å². The zero-order valence-corrected chi connectivity index (χ0v) is 19.1. The zero-order valence-electron chi connectivity index (χ0n) is 18.3. The highest BCUT2D eigenvalue weighted by Gasteiger charge is 2.27. The van der Waals surface area contributed by atoms with Crippen molar-refractivity contribution in [3.05, 3.63) is 42.2 Å². The first-order valence-corrected chi connectivity index (χ1v) is 11.9. The van der Waals surface area contributed by atoms with Crippen molar-refractivity contribution in [3.63, 3.8) is 0 Å². The summed E-state index contributed by atoms with van der Waals surface area (Å²) in [5.74, 6) is 2.03. The number of carbonyl (C=O) groups excluding carboxylic acids is 1. The van der Waals surface area contributed by atoms with Crippen LogP contribution in [-0.2, 0) is 9.53 Å². The van der Waals surface area contributed by atoms with Crippen LogP contribution in [0.25, 0.3) is 20.7 Å². The molecule has 3 aromatic rings. The van der Waals surface area contributed by atoms with Crippen molar-refractivity contribution in [1.29, 1.82) is 0 Å². The number of nitrogens with one attached hydrogen (secondary N) is 1. The summed E-state index contributed by atoms with van der Waals surface area (Å²) in [7, 11) is 0. The Hall–Kier alpha value is -2.51. The second kappa shape index (κ2) is 10.2. The van der Waals surface area contributed by atoms with Crippen LogP contribution in [0.2, 0.25) is 0 Å². The van der Waals surface area contributed by atoms with Gasteiger partial charge in [-0.05, 0) is 44.7 Å². The SMILES string of the molecule is CCOCCCNC(=O)C1CCN(c2nc(C)nc3sc(-c4ccccc4)cc23)CC1. The molecule has 1 fully saturated rings. The first-order valence-electron chi connectivity index (χ1n) is 11.1. The van der Waals surface area contributed by atoms with Crippen LogP contribution >= 0.6 is 11.3 Å². The van der Waals surface area contributed by atoms with Crippen molar-refractivity contribution in [1.82, 2.24) is 15.3 Å². The lowest BCUT2D eigenvalue weighted by Crippen LogP contribution is -2.41. The van der Waals surface area contributed by atoms with Crippen LogP contribution in [0, 0.1) is 12.8 Å². The molecule has 1 N–H and O–H groups in total. The maximum absolute atomic E-state index is 12.5. The number of carbonyl (C=O) groups is 1. The Labute approximate surface area is 187 Å². The molecule has 0 spiro atoms. The van der Waals surface area contributed by atoms with E-state index in [0.717, 1.165) is 60.8 Å². The van der Waals surface area contributed by atoms with Gasteiger partial charge < -0.3 is 15.0 Å². The van der Waals surface area contributed by atoms with Crippen molar-refractivity contribution in [2.75, 3.05) is 37.7 Å². The van der Waals surface area contributed by atoms with E-state index in [2.05, 4.69) is 45.5 Å². The maximum Gasteiger partial charge on any atom is 0.223 e. The number of benzene rings is 1. The van der Waals surface area contributed by atoms with Gasteiger partial charge in [0.05, 0.1) is 5.39 Å². The first kappa shape index (κ1) is 21.7.